The summed E-state index contributed by atoms with van der Waals surface area (Å²) in [6, 6.07) is 11.1. The Hall–Kier alpha value is -3.16. The highest BCUT2D eigenvalue weighted by Crippen LogP contribution is 2.26. The molecular formula is C21H25N5O3. The van der Waals surface area contributed by atoms with E-state index in [4.69, 9.17) is 0 Å². The summed E-state index contributed by atoms with van der Waals surface area (Å²) < 4.78 is 1.49. The highest BCUT2D eigenvalue weighted by atomic mass is 16.2. The van der Waals surface area contributed by atoms with Crippen molar-refractivity contribution in [1.29, 1.82) is 0 Å². The molecule has 0 saturated carbocycles. The molecule has 2 aliphatic heterocycles. The van der Waals surface area contributed by atoms with Crippen molar-refractivity contribution in [1.82, 2.24) is 24.9 Å². The first-order valence-corrected chi connectivity index (χ1v) is 9.87. The van der Waals surface area contributed by atoms with Crippen molar-refractivity contribution in [3.8, 4) is 0 Å². The van der Waals surface area contributed by atoms with Crippen molar-refractivity contribution in [2.45, 2.75) is 38.4 Å². The molecule has 1 fully saturated rings. The van der Waals surface area contributed by atoms with E-state index in [9.17, 15) is 14.4 Å². The van der Waals surface area contributed by atoms with Gasteiger partial charge in [-0.3, -0.25) is 19.1 Å². The van der Waals surface area contributed by atoms with Crippen LogP contribution in [0.15, 0.2) is 36.4 Å². The normalized spacial score (nSPS) is 21.2. The van der Waals surface area contributed by atoms with E-state index < -0.39 is 5.54 Å². The summed E-state index contributed by atoms with van der Waals surface area (Å²) in [6.07, 6.45) is 1.97. The first-order chi connectivity index (χ1) is 13.9. The van der Waals surface area contributed by atoms with Crippen LogP contribution in [0.4, 0.5) is 0 Å². The summed E-state index contributed by atoms with van der Waals surface area (Å²) in [5, 5.41) is 7.29. The van der Waals surface area contributed by atoms with Crippen molar-refractivity contribution in [2.75, 3.05) is 20.1 Å². The molecular weight excluding hydrogens is 370 g/mol. The third-order valence-electron chi connectivity index (χ3n) is 5.90. The van der Waals surface area contributed by atoms with Crippen LogP contribution >= 0.6 is 0 Å². The summed E-state index contributed by atoms with van der Waals surface area (Å²) in [7, 11) is 1.61. The fourth-order valence-corrected chi connectivity index (χ4v) is 3.88. The number of amides is 3. The number of likely N-dealkylation sites (tertiary alicyclic amines) is 1. The molecule has 8 heteroatoms. The van der Waals surface area contributed by atoms with Gasteiger partial charge in [-0.05, 0) is 25.3 Å². The Labute approximate surface area is 169 Å². The first kappa shape index (κ1) is 19.2. The van der Waals surface area contributed by atoms with Crippen LogP contribution in [0.3, 0.4) is 0 Å². The zero-order valence-corrected chi connectivity index (χ0v) is 16.7. The van der Waals surface area contributed by atoms with Crippen molar-refractivity contribution in [3.63, 3.8) is 0 Å². The lowest BCUT2D eigenvalue weighted by Crippen LogP contribution is -2.62. The minimum absolute atomic E-state index is 0.157. The molecule has 0 unspecified atom stereocenters. The van der Waals surface area contributed by atoms with E-state index in [0.717, 1.165) is 18.4 Å². The van der Waals surface area contributed by atoms with Crippen LogP contribution in [0.1, 0.15) is 46.3 Å². The Morgan fingerprint density at radius 1 is 1.17 bits per heavy atom. The lowest BCUT2D eigenvalue weighted by molar-refractivity contribution is -0.132. The molecule has 29 heavy (non-hydrogen) atoms. The predicted molar refractivity (Wildman–Crippen MR) is 106 cm³/mol. The average Bonchev–Trinajstić information content (AvgIpc) is 3.41. The molecule has 1 N–H and O–H groups in total. The van der Waals surface area contributed by atoms with Crippen molar-refractivity contribution >= 4 is 17.7 Å². The van der Waals surface area contributed by atoms with Crippen molar-refractivity contribution in [3.05, 3.63) is 53.3 Å². The zero-order valence-electron chi connectivity index (χ0n) is 16.7. The van der Waals surface area contributed by atoms with Crippen LogP contribution in [-0.4, -0.2) is 63.0 Å². The van der Waals surface area contributed by atoms with Gasteiger partial charge < -0.3 is 15.1 Å². The molecule has 8 nitrogen and oxygen atoms in total. The molecule has 0 bridgehead atoms. The monoisotopic (exact) mass is 395 g/mol. The summed E-state index contributed by atoms with van der Waals surface area (Å²) in [5.74, 6) is -0.734. The number of carbonyl (C=O) groups is 3. The van der Waals surface area contributed by atoms with Crippen LogP contribution in [0.5, 0.6) is 0 Å². The van der Waals surface area contributed by atoms with Crippen LogP contribution < -0.4 is 5.32 Å². The van der Waals surface area contributed by atoms with Gasteiger partial charge in [-0.2, -0.15) is 5.10 Å². The fourth-order valence-electron chi connectivity index (χ4n) is 3.88. The van der Waals surface area contributed by atoms with E-state index in [-0.39, 0.29) is 30.0 Å². The van der Waals surface area contributed by atoms with Crippen LogP contribution in [-0.2, 0) is 17.9 Å². The molecule has 0 radical (unpaired) electrons. The van der Waals surface area contributed by atoms with E-state index in [1.54, 1.807) is 24.9 Å². The predicted octanol–water partition coefficient (Wildman–Crippen LogP) is 1.28. The summed E-state index contributed by atoms with van der Waals surface area (Å²) in [6.45, 7) is 3.72. The Kier molecular flexibility index (Phi) is 4.86. The molecule has 2 aromatic rings. The third kappa shape index (κ3) is 3.39. The number of likely N-dealkylation sites (N-methyl/N-ethyl adjacent to an activating group) is 1. The number of fused-ring (bicyclic) bond motifs is 1. The second-order valence-electron chi connectivity index (χ2n) is 7.88. The smallest absolute Gasteiger partial charge is 0.274 e. The molecule has 3 amide bonds. The van der Waals surface area contributed by atoms with Gasteiger partial charge >= 0.3 is 0 Å². The summed E-state index contributed by atoms with van der Waals surface area (Å²) in [4.78, 5) is 41.8. The molecule has 4 rings (SSSR count). The highest BCUT2D eigenvalue weighted by Gasteiger charge is 2.46. The van der Waals surface area contributed by atoms with E-state index in [0.29, 0.717) is 25.3 Å². The van der Waals surface area contributed by atoms with Gasteiger partial charge in [0.1, 0.15) is 11.2 Å². The average molecular weight is 395 g/mol. The lowest BCUT2D eigenvalue weighted by atomic mass is 9.96. The lowest BCUT2D eigenvalue weighted by Gasteiger charge is -2.40. The van der Waals surface area contributed by atoms with Gasteiger partial charge in [0.05, 0.1) is 6.54 Å². The maximum Gasteiger partial charge on any atom is 0.274 e. The quantitative estimate of drug-likeness (QED) is 0.845. The topological polar surface area (TPSA) is 87.5 Å². The summed E-state index contributed by atoms with van der Waals surface area (Å²) in [5.41, 5.74) is 0.479. The zero-order chi connectivity index (χ0) is 20.6. The van der Waals surface area contributed by atoms with E-state index in [2.05, 4.69) is 10.4 Å². The number of hydrogen-bond acceptors (Lipinski definition) is 4. The number of nitrogens with zero attached hydrogens (tertiary/aromatic N) is 4. The number of aromatic nitrogens is 2. The molecule has 3 heterocycles. The number of rotatable bonds is 4. The van der Waals surface area contributed by atoms with Gasteiger partial charge in [-0.15, -0.1) is 0 Å². The maximum absolute atomic E-state index is 13.0. The van der Waals surface area contributed by atoms with Crippen LogP contribution in [0, 0.1) is 0 Å². The number of benzene rings is 1. The Morgan fingerprint density at radius 3 is 2.55 bits per heavy atom. The van der Waals surface area contributed by atoms with Gasteiger partial charge in [-0.1, -0.05) is 30.3 Å². The second-order valence-corrected chi connectivity index (χ2v) is 7.88. The molecule has 1 saturated heterocycles. The Balaban J connectivity index is 1.54. The number of hydrogen-bond donors (Lipinski definition) is 1. The molecule has 1 aromatic carbocycles. The van der Waals surface area contributed by atoms with Crippen LogP contribution in [0.25, 0.3) is 0 Å². The molecule has 1 atom stereocenters. The molecule has 152 valence electrons. The minimum atomic E-state index is -1.10. The van der Waals surface area contributed by atoms with Gasteiger partial charge in [0.15, 0.2) is 5.69 Å². The number of nitrogens with one attached hydrogen (secondary N) is 1. The van der Waals surface area contributed by atoms with Crippen molar-refractivity contribution in [2.24, 2.45) is 0 Å². The van der Waals surface area contributed by atoms with Crippen LogP contribution in [0.2, 0.25) is 0 Å². The van der Waals surface area contributed by atoms with E-state index in [1.165, 1.54) is 9.58 Å². The van der Waals surface area contributed by atoms with Gasteiger partial charge in [0.2, 0.25) is 5.91 Å². The maximum atomic E-state index is 13.0. The molecule has 0 aliphatic carbocycles. The van der Waals surface area contributed by atoms with Gasteiger partial charge in [0, 0.05) is 32.7 Å². The summed E-state index contributed by atoms with van der Waals surface area (Å²) >= 11 is 0. The van der Waals surface area contributed by atoms with E-state index in [1.807, 2.05) is 30.3 Å². The first-order valence-electron chi connectivity index (χ1n) is 9.87. The molecule has 2 aliphatic rings. The van der Waals surface area contributed by atoms with Crippen molar-refractivity contribution < 1.29 is 14.4 Å². The second kappa shape index (κ2) is 7.35. The highest BCUT2D eigenvalue weighted by molar-refractivity contribution is 6.01. The standard InChI is InChI=1S/C21H25N5O3/c1-21(20(29)22-13-15-8-4-3-5-9-15)14-26-17(19(28)24(21)2)12-16(23-26)18(27)25-10-6-7-11-25/h3-5,8-9,12H,6-7,10-11,13-14H2,1-2H3,(H,22,29)/t21-/m1/s1. The Bertz CT molecular complexity index is 948. The van der Waals surface area contributed by atoms with E-state index >= 15 is 0 Å². The van der Waals surface area contributed by atoms with Gasteiger partial charge in [-0.25, -0.2) is 0 Å². The largest absolute Gasteiger partial charge is 0.350 e. The minimum Gasteiger partial charge on any atom is -0.350 e. The Morgan fingerprint density at radius 2 is 1.86 bits per heavy atom. The molecule has 0 spiro atoms. The number of carbonyl (C=O) groups excluding carboxylic acids is 3. The fraction of sp³-hybridized carbons (Fsp3) is 0.429. The SMILES string of the molecule is CN1C(=O)c2cc(C(=O)N3CCCC3)nn2C[C@]1(C)C(=O)NCc1ccccc1. The third-order valence-corrected chi connectivity index (χ3v) is 5.90. The van der Waals surface area contributed by atoms with Gasteiger partial charge in [0.25, 0.3) is 11.8 Å². The molecule has 1 aromatic heterocycles.